The predicted octanol–water partition coefficient (Wildman–Crippen LogP) is 23.5. The molecule has 0 spiro atoms. The van der Waals surface area contributed by atoms with E-state index in [0.717, 1.165) is 147 Å². The van der Waals surface area contributed by atoms with Crippen molar-refractivity contribution in [2.24, 2.45) is 0 Å². The maximum absolute atomic E-state index is 2.65. The molecular formula is C102H70B2N6. The second-order valence-electron chi connectivity index (χ2n) is 28.6. The van der Waals surface area contributed by atoms with Crippen molar-refractivity contribution >= 4 is 149 Å². The molecule has 0 N–H and O–H groups in total. The molecule has 110 heavy (non-hydrogen) atoms. The van der Waals surface area contributed by atoms with Gasteiger partial charge in [-0.25, -0.2) is 0 Å². The molecule has 17 aromatic rings. The minimum Gasteiger partial charge on any atom is -0.311 e. The van der Waals surface area contributed by atoms with Crippen molar-refractivity contribution in [3.05, 3.63) is 425 Å². The van der Waals surface area contributed by atoms with Crippen LogP contribution in [0.5, 0.6) is 0 Å². The van der Waals surface area contributed by atoms with E-state index in [0.29, 0.717) is 0 Å². The zero-order valence-electron chi connectivity index (χ0n) is 60.3. The van der Waals surface area contributed by atoms with Gasteiger partial charge >= 0.3 is 0 Å². The van der Waals surface area contributed by atoms with Gasteiger partial charge in [-0.1, -0.05) is 309 Å². The topological polar surface area (TPSA) is 19.4 Å². The van der Waals surface area contributed by atoms with Crippen molar-refractivity contribution < 1.29 is 0 Å². The van der Waals surface area contributed by atoms with Gasteiger partial charge in [0.2, 0.25) is 0 Å². The van der Waals surface area contributed by atoms with Crippen LogP contribution in [0.25, 0.3) is 44.5 Å². The molecule has 0 radical (unpaired) electrons. The second kappa shape index (κ2) is 26.9. The Balaban J connectivity index is 0.884. The number of benzene rings is 17. The lowest BCUT2D eigenvalue weighted by Crippen LogP contribution is -2.65. The van der Waals surface area contributed by atoms with Gasteiger partial charge in [-0.15, -0.1) is 0 Å². The largest absolute Gasteiger partial charge is 0.311 e. The third-order valence-electron chi connectivity index (χ3n) is 22.5. The van der Waals surface area contributed by atoms with Crippen molar-refractivity contribution in [3.63, 3.8) is 0 Å². The Morgan fingerprint density at radius 2 is 0.445 bits per heavy atom. The fourth-order valence-corrected chi connectivity index (χ4v) is 18.0. The first-order chi connectivity index (χ1) is 54.7. The number of hydrogen-bond donors (Lipinski definition) is 0. The molecule has 6 nitrogen and oxygen atoms in total. The van der Waals surface area contributed by atoms with Crippen LogP contribution in [0.4, 0.5) is 102 Å². The van der Waals surface area contributed by atoms with Crippen LogP contribution in [0, 0.1) is 0 Å². The van der Waals surface area contributed by atoms with E-state index < -0.39 is 0 Å². The summed E-state index contributed by atoms with van der Waals surface area (Å²) < 4.78 is 0. The van der Waals surface area contributed by atoms with Crippen LogP contribution < -0.4 is 62.2 Å². The SMILES string of the molecule is c1ccc(-c2ccccc2N(c2ccccc2)c2cc3c4c(c2)N(c2ccccc2-c2ccccc2)c2ccccc2B4c2cc4c(cc2N3c2ccccc2)N(c2ccccc2)c2cc(N(c3ccccc3)c3ccccc3-c3ccccc3)cc3c2B4c2ccccc2N3c2ccccc2-c2ccccc2)cc1. The lowest BCUT2D eigenvalue weighted by molar-refractivity contribution is 1.21. The van der Waals surface area contributed by atoms with Gasteiger partial charge in [-0.2, -0.15) is 0 Å². The minimum absolute atomic E-state index is 0.252. The van der Waals surface area contributed by atoms with Crippen LogP contribution in [0.2, 0.25) is 0 Å². The summed E-state index contributed by atoms with van der Waals surface area (Å²) in [6.07, 6.45) is 0. The number of para-hydroxylation sites is 10. The Hall–Kier alpha value is -14.3. The fourth-order valence-electron chi connectivity index (χ4n) is 18.0. The Kier molecular flexibility index (Phi) is 15.7. The average Bonchev–Trinajstić information content (AvgIpc) is 0.681. The van der Waals surface area contributed by atoms with Crippen LogP contribution in [0.3, 0.4) is 0 Å². The zero-order chi connectivity index (χ0) is 72.6. The van der Waals surface area contributed by atoms with Crippen LogP contribution in [0.1, 0.15) is 0 Å². The highest BCUT2D eigenvalue weighted by Gasteiger charge is 2.49. The molecule has 0 unspecified atom stereocenters. The third-order valence-corrected chi connectivity index (χ3v) is 22.5. The van der Waals surface area contributed by atoms with Gasteiger partial charge in [0.05, 0.1) is 34.1 Å². The Morgan fingerprint density at radius 3 is 0.809 bits per heavy atom. The fraction of sp³-hybridized carbons (Fsp3) is 0. The van der Waals surface area contributed by atoms with E-state index >= 15 is 0 Å². The van der Waals surface area contributed by atoms with E-state index in [-0.39, 0.29) is 13.4 Å². The van der Waals surface area contributed by atoms with Gasteiger partial charge in [0.25, 0.3) is 13.4 Å². The normalized spacial score (nSPS) is 12.6. The lowest BCUT2D eigenvalue weighted by atomic mass is 9.30. The average molecular weight is 1400 g/mol. The van der Waals surface area contributed by atoms with Crippen molar-refractivity contribution in [1.29, 1.82) is 0 Å². The first kappa shape index (κ1) is 64.1. The zero-order valence-corrected chi connectivity index (χ0v) is 60.3. The van der Waals surface area contributed by atoms with Gasteiger partial charge in [0, 0.05) is 90.5 Å². The molecule has 4 aliphatic heterocycles. The summed E-state index contributed by atoms with van der Waals surface area (Å²) in [5.74, 6) is 0. The number of fused-ring (bicyclic) bond motifs is 8. The van der Waals surface area contributed by atoms with E-state index in [9.17, 15) is 0 Å². The molecule has 0 fully saturated rings. The van der Waals surface area contributed by atoms with E-state index in [2.05, 4.69) is 454 Å². The van der Waals surface area contributed by atoms with Gasteiger partial charge in [-0.3, -0.25) is 0 Å². The maximum Gasteiger partial charge on any atom is 0.252 e. The molecule has 0 aliphatic carbocycles. The lowest BCUT2D eigenvalue weighted by Gasteiger charge is -2.48. The van der Waals surface area contributed by atoms with Crippen molar-refractivity contribution in [2.75, 3.05) is 29.4 Å². The van der Waals surface area contributed by atoms with Crippen LogP contribution in [-0.2, 0) is 0 Å². The summed E-state index contributed by atoms with van der Waals surface area (Å²) in [5.41, 5.74) is 35.9. The molecule has 21 rings (SSSR count). The number of rotatable bonds is 14. The van der Waals surface area contributed by atoms with E-state index in [4.69, 9.17) is 0 Å². The van der Waals surface area contributed by atoms with Crippen LogP contribution in [-0.4, -0.2) is 13.4 Å². The highest BCUT2D eigenvalue weighted by Crippen LogP contribution is 2.55. The second-order valence-corrected chi connectivity index (χ2v) is 28.6. The highest BCUT2D eigenvalue weighted by molar-refractivity contribution is 7.03. The Bertz CT molecular complexity index is 5950. The summed E-state index contributed by atoms with van der Waals surface area (Å²) in [7, 11) is 0. The summed E-state index contributed by atoms with van der Waals surface area (Å²) in [5, 5.41) is 0. The molecule has 4 heterocycles. The van der Waals surface area contributed by atoms with Crippen molar-refractivity contribution in [3.8, 4) is 44.5 Å². The standard InChI is InChI=1S/C102H70B2N6/c1-9-37-71(38-10-1)81-53-25-31-59-89(81)105(75-45-17-5-18-46-75)79-65-97-101-99(67-79)109(91-61-33-27-55-83(91)73-41-13-3-14-42-73)93-63-35-29-57-85(93)103(101)87-69-88-96(70-95(87)107(97)77-49-21-7-22-50-77)108(78-51-23-8-24-52-78)98-66-80(106(76-47-19-6-20-48-76)90-60-32-26-54-82(90)72-39-11-2-12-40-72)68-100-102(98)104(88)86-58-30-36-64-94(86)110(100)92-62-34-28-56-84(92)74-43-15-4-16-44-74/h1-70H. The smallest absolute Gasteiger partial charge is 0.252 e. The quantitative estimate of drug-likeness (QED) is 0.100. The predicted molar refractivity (Wildman–Crippen MR) is 466 cm³/mol. The number of hydrogen-bond acceptors (Lipinski definition) is 6. The third kappa shape index (κ3) is 10.6. The molecule has 0 bridgehead atoms. The summed E-state index contributed by atoms with van der Waals surface area (Å²) >= 11 is 0. The van der Waals surface area contributed by atoms with E-state index in [1.807, 2.05) is 0 Å². The van der Waals surface area contributed by atoms with Crippen LogP contribution >= 0.6 is 0 Å². The van der Waals surface area contributed by atoms with Crippen molar-refractivity contribution in [1.82, 2.24) is 0 Å². The number of nitrogens with zero attached hydrogens (tertiary/aromatic N) is 6. The van der Waals surface area contributed by atoms with Crippen LogP contribution in [0.15, 0.2) is 425 Å². The van der Waals surface area contributed by atoms with E-state index in [1.165, 1.54) is 32.8 Å². The molecule has 514 valence electrons. The Labute approximate surface area is 643 Å². The summed E-state index contributed by atoms with van der Waals surface area (Å²) in [4.78, 5) is 15.4. The molecule has 0 amide bonds. The first-order valence-electron chi connectivity index (χ1n) is 38.0. The molecule has 0 atom stereocenters. The highest BCUT2D eigenvalue weighted by atomic mass is 15.2. The molecule has 17 aromatic carbocycles. The molecule has 8 heteroatoms. The van der Waals surface area contributed by atoms with E-state index in [1.54, 1.807) is 0 Å². The van der Waals surface area contributed by atoms with Gasteiger partial charge in [0.1, 0.15) is 0 Å². The molecule has 0 saturated heterocycles. The minimum atomic E-state index is -0.252. The molecule has 0 saturated carbocycles. The van der Waals surface area contributed by atoms with Crippen molar-refractivity contribution in [2.45, 2.75) is 0 Å². The summed E-state index contributed by atoms with van der Waals surface area (Å²) in [6.45, 7) is -0.504. The molecule has 4 aliphatic rings. The number of anilines is 18. The Morgan fingerprint density at radius 1 is 0.173 bits per heavy atom. The van der Waals surface area contributed by atoms with Gasteiger partial charge < -0.3 is 29.4 Å². The summed E-state index contributed by atoms with van der Waals surface area (Å²) in [6, 6.07) is 157. The molecular weight excluding hydrogens is 1330 g/mol. The first-order valence-corrected chi connectivity index (χ1v) is 38.0. The molecule has 0 aromatic heterocycles. The van der Waals surface area contributed by atoms with Gasteiger partial charge in [-0.05, 0) is 170 Å². The monoisotopic (exact) mass is 1400 g/mol. The maximum atomic E-state index is 2.65. The van der Waals surface area contributed by atoms with Gasteiger partial charge in [0.15, 0.2) is 0 Å².